The maximum atomic E-state index is 5.55. The van der Waals surface area contributed by atoms with Gasteiger partial charge in [0.2, 0.25) is 13.2 Å². The van der Waals surface area contributed by atoms with E-state index in [1.54, 1.807) is 0 Å². The van der Waals surface area contributed by atoms with Gasteiger partial charge in [0.25, 0.3) is 0 Å². The summed E-state index contributed by atoms with van der Waals surface area (Å²) in [5.41, 5.74) is 0. The highest BCUT2D eigenvalue weighted by molar-refractivity contribution is 8.18. The van der Waals surface area contributed by atoms with Crippen molar-refractivity contribution in [2.24, 2.45) is 0 Å². The molecule has 3 N–H and O–H groups in total. The molecule has 22 heavy (non-hydrogen) atoms. The van der Waals surface area contributed by atoms with Crippen LogP contribution < -0.4 is 5.14 Å². The van der Waals surface area contributed by atoms with Crippen molar-refractivity contribution >= 4 is 28.5 Å². The highest BCUT2D eigenvalue weighted by Gasteiger charge is 2.14. The summed E-state index contributed by atoms with van der Waals surface area (Å²) in [6.07, 6.45) is 0. The number of hydrogen-bond acceptors (Lipinski definition) is 7. The SMILES string of the molecule is [NH3+]SC(=S)N1CCOCCOCCOCCOCC[O+]CC1. The van der Waals surface area contributed by atoms with Crippen LogP contribution in [-0.2, 0) is 23.7 Å². The van der Waals surface area contributed by atoms with Gasteiger partial charge in [0.15, 0.2) is 4.32 Å². The van der Waals surface area contributed by atoms with Gasteiger partial charge in [0.1, 0.15) is 18.6 Å². The van der Waals surface area contributed by atoms with E-state index >= 15 is 0 Å². The molecular weight excluding hydrogens is 328 g/mol. The minimum absolute atomic E-state index is 0.567. The van der Waals surface area contributed by atoms with Gasteiger partial charge < -0.3 is 23.8 Å². The second-order valence-corrected chi connectivity index (χ2v) is 5.78. The van der Waals surface area contributed by atoms with Gasteiger partial charge in [-0.05, 0) is 12.2 Å². The second-order valence-electron chi connectivity index (χ2n) is 4.46. The number of nitrogens with zero attached hydrogens (tertiary/aromatic N) is 1. The van der Waals surface area contributed by atoms with Crippen LogP contribution in [0.2, 0.25) is 0 Å². The molecule has 0 saturated carbocycles. The zero-order valence-corrected chi connectivity index (χ0v) is 14.6. The lowest BCUT2D eigenvalue weighted by molar-refractivity contribution is -0.134. The Hall–Kier alpha value is -0.0000000000000000139. The Morgan fingerprint density at radius 1 is 0.818 bits per heavy atom. The van der Waals surface area contributed by atoms with Gasteiger partial charge in [0, 0.05) is 6.54 Å². The van der Waals surface area contributed by atoms with E-state index in [9.17, 15) is 0 Å². The average molecular weight is 356 g/mol. The summed E-state index contributed by atoms with van der Waals surface area (Å²) in [4.78, 5) is 2.05. The van der Waals surface area contributed by atoms with Gasteiger partial charge in [0.05, 0.1) is 52.8 Å². The summed E-state index contributed by atoms with van der Waals surface area (Å²) >= 11 is 6.61. The van der Waals surface area contributed by atoms with E-state index in [1.165, 1.54) is 11.9 Å². The maximum Gasteiger partial charge on any atom is 0.243 e. The first-order valence-corrected chi connectivity index (χ1v) is 8.83. The van der Waals surface area contributed by atoms with E-state index < -0.39 is 0 Å². The minimum Gasteiger partial charge on any atom is -0.377 e. The molecule has 0 spiro atoms. The second kappa shape index (κ2) is 14.6. The maximum absolute atomic E-state index is 5.55. The molecule has 1 heterocycles. The van der Waals surface area contributed by atoms with Crippen LogP contribution in [0.25, 0.3) is 0 Å². The molecule has 0 aromatic carbocycles. The lowest BCUT2D eigenvalue weighted by Gasteiger charge is -2.20. The quantitative estimate of drug-likeness (QED) is 0.356. The van der Waals surface area contributed by atoms with Crippen molar-refractivity contribution in [3.63, 3.8) is 0 Å². The molecule has 1 rings (SSSR count). The summed E-state index contributed by atoms with van der Waals surface area (Å²) in [5, 5.41) is 3.76. The number of hydrogen-bond donors (Lipinski definition) is 1. The highest BCUT2D eigenvalue weighted by Crippen LogP contribution is 2.01. The Kier molecular flexibility index (Phi) is 13.3. The molecule has 1 radical (unpaired) electrons. The fourth-order valence-electron chi connectivity index (χ4n) is 1.72. The molecule has 1 aliphatic heterocycles. The van der Waals surface area contributed by atoms with E-state index in [-0.39, 0.29) is 0 Å². The molecule has 0 aromatic heterocycles. The van der Waals surface area contributed by atoms with Crippen molar-refractivity contribution in [1.82, 2.24) is 4.90 Å². The third kappa shape index (κ3) is 10.7. The molecule has 1 fully saturated rings. The van der Waals surface area contributed by atoms with Gasteiger partial charge in [-0.2, -0.15) is 0 Å². The monoisotopic (exact) mass is 355 g/mol. The highest BCUT2D eigenvalue weighted by atomic mass is 32.2. The van der Waals surface area contributed by atoms with Gasteiger partial charge in [-0.1, -0.05) is 0 Å². The first-order valence-electron chi connectivity index (χ1n) is 7.44. The molecule has 129 valence electrons. The van der Waals surface area contributed by atoms with Gasteiger partial charge in [-0.15, -0.1) is 4.74 Å². The number of thiocarbonyl (C=S) groups is 1. The normalized spacial score (nSPS) is 21.8. The zero-order valence-electron chi connectivity index (χ0n) is 13.0. The Balaban J connectivity index is 2.28. The zero-order chi connectivity index (χ0) is 15.9. The largest absolute Gasteiger partial charge is 0.377 e. The average Bonchev–Trinajstić information content (AvgIpc) is 2.54. The molecule has 0 unspecified atom stereocenters. The summed E-state index contributed by atoms with van der Waals surface area (Å²) in [7, 11) is 0. The molecule has 7 nitrogen and oxygen atoms in total. The summed E-state index contributed by atoms with van der Waals surface area (Å²) in [6, 6.07) is 0. The number of ether oxygens (including phenoxy) is 5. The molecule has 0 aromatic rings. The summed E-state index contributed by atoms with van der Waals surface area (Å²) in [5.74, 6) is 0. The molecule has 0 bridgehead atoms. The van der Waals surface area contributed by atoms with Crippen LogP contribution in [0, 0.1) is 0 Å². The Bertz CT molecular complexity index is 269. The predicted molar refractivity (Wildman–Crippen MR) is 88.7 cm³/mol. The Labute approximate surface area is 141 Å². The van der Waals surface area contributed by atoms with Crippen LogP contribution in [0.5, 0.6) is 0 Å². The third-order valence-corrected chi connectivity index (χ3v) is 4.00. The van der Waals surface area contributed by atoms with Crippen molar-refractivity contribution < 1.29 is 28.8 Å². The van der Waals surface area contributed by atoms with Crippen molar-refractivity contribution in [3.05, 3.63) is 0 Å². The van der Waals surface area contributed by atoms with E-state index in [0.29, 0.717) is 66.1 Å². The Morgan fingerprint density at radius 2 is 1.36 bits per heavy atom. The van der Waals surface area contributed by atoms with Crippen LogP contribution >= 0.6 is 24.2 Å². The fourth-order valence-corrected chi connectivity index (χ4v) is 2.26. The third-order valence-electron chi connectivity index (χ3n) is 2.88. The van der Waals surface area contributed by atoms with Crippen molar-refractivity contribution in [2.75, 3.05) is 79.2 Å². The van der Waals surface area contributed by atoms with Crippen LogP contribution in [0.4, 0.5) is 0 Å². The summed E-state index contributed by atoms with van der Waals surface area (Å²) in [6.45, 7) is 7.21. The number of quaternary nitrogens is 1. The standard InChI is InChI=1S/C13H26N2O5S2/c14-22-13(21)15-1-3-16-5-7-18-9-11-20-12-10-19-8-6-17-4-2-15/h1-12,14H2/q+1/p+1. The van der Waals surface area contributed by atoms with E-state index in [2.05, 4.69) is 5.14 Å². The van der Waals surface area contributed by atoms with Gasteiger partial charge in [-0.25, -0.2) is 0 Å². The van der Waals surface area contributed by atoms with E-state index in [4.69, 9.17) is 35.9 Å². The lowest BCUT2D eigenvalue weighted by Crippen LogP contribution is -2.45. The van der Waals surface area contributed by atoms with Gasteiger partial charge >= 0.3 is 0 Å². The fraction of sp³-hybridized carbons (Fsp3) is 0.923. The summed E-state index contributed by atoms with van der Waals surface area (Å²) < 4.78 is 28.0. The van der Waals surface area contributed by atoms with Crippen LogP contribution in [0.1, 0.15) is 0 Å². The van der Waals surface area contributed by atoms with Gasteiger partial charge in [-0.3, -0.25) is 5.14 Å². The van der Waals surface area contributed by atoms with Crippen molar-refractivity contribution in [1.29, 1.82) is 0 Å². The van der Waals surface area contributed by atoms with Crippen LogP contribution in [-0.4, -0.2) is 88.4 Å². The first-order chi connectivity index (χ1) is 10.8. The van der Waals surface area contributed by atoms with E-state index in [1.807, 2.05) is 4.90 Å². The molecule has 9 heteroatoms. The van der Waals surface area contributed by atoms with E-state index in [0.717, 1.165) is 17.4 Å². The van der Waals surface area contributed by atoms with Crippen molar-refractivity contribution in [3.8, 4) is 0 Å². The van der Waals surface area contributed by atoms with Crippen LogP contribution in [0.15, 0.2) is 0 Å². The first kappa shape index (κ1) is 20.0. The predicted octanol–water partition coefficient (Wildman–Crippen LogP) is -0.440. The smallest absolute Gasteiger partial charge is 0.243 e. The molecule has 1 saturated heterocycles. The van der Waals surface area contributed by atoms with Crippen molar-refractivity contribution in [2.45, 2.75) is 0 Å². The topological polar surface area (TPSA) is 79.1 Å². The van der Waals surface area contributed by atoms with Crippen LogP contribution in [0.3, 0.4) is 0 Å². The molecule has 0 atom stereocenters. The minimum atomic E-state index is 0.567. The Morgan fingerprint density at radius 3 is 1.95 bits per heavy atom. The molecule has 0 amide bonds. The molecular formula is C13H27N2O5S2+2. The molecule has 1 aliphatic rings. The molecule has 0 aliphatic carbocycles. The number of rotatable bonds is 0. The lowest BCUT2D eigenvalue weighted by atomic mass is 10.5.